The van der Waals surface area contributed by atoms with Crippen molar-refractivity contribution in [3.63, 3.8) is 0 Å². The third kappa shape index (κ3) is 6.41. The Balaban J connectivity index is 2.22. The molecule has 2 N–H and O–H groups in total. The summed E-state index contributed by atoms with van der Waals surface area (Å²) in [4.78, 5) is 2.15. The molecule has 0 aliphatic carbocycles. The zero-order valence-corrected chi connectivity index (χ0v) is 10.9. The maximum Gasteiger partial charge on any atom is 0.0791 e. The molecule has 0 radical (unpaired) electrons. The van der Waals surface area contributed by atoms with Crippen LogP contribution in [0.15, 0.2) is 30.3 Å². The smallest absolute Gasteiger partial charge is 0.0791 e. The zero-order valence-electron chi connectivity index (χ0n) is 10.9. The number of aliphatic hydroxyl groups excluding tert-OH is 1. The van der Waals surface area contributed by atoms with Gasteiger partial charge in [-0.15, -0.1) is 0 Å². The van der Waals surface area contributed by atoms with Crippen LogP contribution in [0.25, 0.3) is 0 Å². The van der Waals surface area contributed by atoms with E-state index >= 15 is 0 Å². The Morgan fingerprint density at radius 2 is 2.00 bits per heavy atom. The summed E-state index contributed by atoms with van der Waals surface area (Å²) in [6.45, 7) is 5.35. The molecule has 0 heterocycles. The summed E-state index contributed by atoms with van der Waals surface area (Å²) in [5.41, 5.74) is 1.28. The first-order valence-electron chi connectivity index (χ1n) is 6.33. The van der Waals surface area contributed by atoms with Crippen LogP contribution in [0.2, 0.25) is 0 Å². The lowest BCUT2D eigenvalue weighted by Gasteiger charge is -2.20. The average Bonchev–Trinajstić information content (AvgIpc) is 2.30. The summed E-state index contributed by atoms with van der Waals surface area (Å²) >= 11 is 0. The number of nitrogens with one attached hydrogen (secondary N) is 1. The minimum absolute atomic E-state index is 0.296. The normalized spacial score (nSPS) is 12.9. The number of nitrogens with zero attached hydrogens (tertiary/aromatic N) is 1. The zero-order chi connectivity index (χ0) is 12.5. The molecule has 0 bridgehead atoms. The van der Waals surface area contributed by atoms with Crippen LogP contribution in [-0.2, 0) is 6.54 Å². The second-order valence-corrected chi connectivity index (χ2v) is 4.54. The lowest BCUT2D eigenvalue weighted by molar-refractivity contribution is 0.121. The van der Waals surface area contributed by atoms with Crippen molar-refractivity contribution in [3.05, 3.63) is 35.9 Å². The quantitative estimate of drug-likeness (QED) is 0.671. The highest BCUT2D eigenvalue weighted by Crippen LogP contribution is 2.02. The summed E-state index contributed by atoms with van der Waals surface area (Å²) in [6.07, 6.45) is 0.808. The van der Waals surface area contributed by atoms with Crippen molar-refractivity contribution >= 4 is 0 Å². The van der Waals surface area contributed by atoms with Crippen LogP contribution in [0, 0.1) is 0 Å². The minimum atomic E-state index is -0.296. The van der Waals surface area contributed by atoms with E-state index in [1.807, 2.05) is 25.2 Å². The molecule has 0 aromatic heterocycles. The topological polar surface area (TPSA) is 35.5 Å². The van der Waals surface area contributed by atoms with Gasteiger partial charge in [-0.1, -0.05) is 37.3 Å². The van der Waals surface area contributed by atoms with Crippen molar-refractivity contribution in [1.82, 2.24) is 10.2 Å². The van der Waals surface area contributed by atoms with Gasteiger partial charge in [0.1, 0.15) is 0 Å². The van der Waals surface area contributed by atoms with Gasteiger partial charge in [0, 0.05) is 19.6 Å². The van der Waals surface area contributed by atoms with Crippen LogP contribution in [-0.4, -0.2) is 42.8 Å². The van der Waals surface area contributed by atoms with Gasteiger partial charge in [0.2, 0.25) is 0 Å². The van der Waals surface area contributed by atoms with Gasteiger partial charge in [-0.2, -0.15) is 0 Å². The van der Waals surface area contributed by atoms with E-state index in [9.17, 15) is 5.11 Å². The first-order valence-corrected chi connectivity index (χ1v) is 6.33. The highest BCUT2D eigenvalue weighted by molar-refractivity contribution is 5.14. The van der Waals surface area contributed by atoms with E-state index in [1.165, 1.54) is 5.56 Å². The molecule has 1 atom stereocenters. The largest absolute Gasteiger partial charge is 0.390 e. The van der Waals surface area contributed by atoms with E-state index in [1.54, 1.807) is 0 Å². The minimum Gasteiger partial charge on any atom is -0.390 e. The molecule has 0 fully saturated rings. The third-order valence-corrected chi connectivity index (χ3v) is 2.62. The Kier molecular flexibility index (Phi) is 6.86. The number of hydrogen-bond acceptors (Lipinski definition) is 3. The van der Waals surface area contributed by atoms with Crippen LogP contribution in [0.1, 0.15) is 18.9 Å². The van der Waals surface area contributed by atoms with Crippen molar-refractivity contribution in [3.8, 4) is 0 Å². The number of rotatable bonds is 8. The molecular weight excluding hydrogens is 212 g/mol. The van der Waals surface area contributed by atoms with Gasteiger partial charge < -0.3 is 10.4 Å². The molecule has 3 heteroatoms. The fourth-order valence-corrected chi connectivity index (χ4v) is 1.83. The van der Waals surface area contributed by atoms with Gasteiger partial charge >= 0.3 is 0 Å². The monoisotopic (exact) mass is 236 g/mol. The van der Waals surface area contributed by atoms with Crippen molar-refractivity contribution in [2.24, 2.45) is 0 Å². The van der Waals surface area contributed by atoms with Gasteiger partial charge in [0.25, 0.3) is 0 Å². The van der Waals surface area contributed by atoms with Crippen molar-refractivity contribution in [2.45, 2.75) is 26.0 Å². The van der Waals surface area contributed by atoms with E-state index < -0.39 is 0 Å². The molecule has 17 heavy (non-hydrogen) atoms. The molecule has 1 unspecified atom stereocenters. The molecule has 1 aromatic carbocycles. The maximum atomic E-state index is 9.82. The molecule has 0 spiro atoms. The molecule has 0 aliphatic heterocycles. The lowest BCUT2D eigenvalue weighted by atomic mass is 10.2. The average molecular weight is 236 g/mol. The maximum absolute atomic E-state index is 9.82. The van der Waals surface area contributed by atoms with Crippen LogP contribution in [0.4, 0.5) is 0 Å². The molecule has 96 valence electrons. The van der Waals surface area contributed by atoms with Crippen LogP contribution >= 0.6 is 0 Å². The summed E-state index contributed by atoms with van der Waals surface area (Å²) in [6, 6.07) is 10.3. The molecule has 0 saturated heterocycles. The highest BCUT2D eigenvalue weighted by atomic mass is 16.3. The van der Waals surface area contributed by atoms with E-state index in [0.29, 0.717) is 13.1 Å². The second-order valence-electron chi connectivity index (χ2n) is 4.54. The van der Waals surface area contributed by atoms with Crippen LogP contribution in [0.5, 0.6) is 0 Å². The van der Waals surface area contributed by atoms with Gasteiger partial charge in [-0.05, 0) is 25.6 Å². The van der Waals surface area contributed by atoms with Gasteiger partial charge in [-0.3, -0.25) is 4.90 Å². The van der Waals surface area contributed by atoms with E-state index in [0.717, 1.165) is 19.5 Å². The molecule has 0 amide bonds. The fourth-order valence-electron chi connectivity index (χ4n) is 1.83. The molecule has 3 nitrogen and oxygen atoms in total. The molecule has 1 aromatic rings. The van der Waals surface area contributed by atoms with Crippen LogP contribution < -0.4 is 5.32 Å². The van der Waals surface area contributed by atoms with E-state index in [-0.39, 0.29) is 6.10 Å². The Morgan fingerprint density at radius 1 is 1.29 bits per heavy atom. The van der Waals surface area contributed by atoms with E-state index in [4.69, 9.17) is 0 Å². The predicted octanol–water partition coefficient (Wildman–Crippen LogP) is 1.48. The third-order valence-electron chi connectivity index (χ3n) is 2.62. The summed E-state index contributed by atoms with van der Waals surface area (Å²) in [5.74, 6) is 0. The van der Waals surface area contributed by atoms with Gasteiger partial charge in [0.05, 0.1) is 6.10 Å². The second kappa shape index (κ2) is 8.23. The number of hydrogen-bond donors (Lipinski definition) is 2. The van der Waals surface area contributed by atoms with E-state index in [2.05, 4.69) is 29.3 Å². The SMILES string of the molecule is CCCNCC(O)CN(C)Cc1ccccc1. The standard InChI is InChI=1S/C14H24N2O/c1-3-9-15-10-14(17)12-16(2)11-13-7-5-4-6-8-13/h4-8,14-15,17H,3,9-12H2,1-2H3. The van der Waals surface area contributed by atoms with Crippen molar-refractivity contribution < 1.29 is 5.11 Å². The summed E-state index contributed by atoms with van der Waals surface area (Å²) in [5, 5.41) is 13.0. The number of benzene rings is 1. The van der Waals surface area contributed by atoms with Crippen LogP contribution in [0.3, 0.4) is 0 Å². The van der Waals surface area contributed by atoms with Gasteiger partial charge in [-0.25, -0.2) is 0 Å². The molecule has 1 rings (SSSR count). The Labute approximate surface area is 104 Å². The number of likely N-dealkylation sites (N-methyl/N-ethyl adjacent to an activating group) is 1. The first kappa shape index (κ1) is 14.2. The molecular formula is C14H24N2O. The summed E-state index contributed by atoms with van der Waals surface area (Å²) < 4.78 is 0. The highest BCUT2D eigenvalue weighted by Gasteiger charge is 2.07. The Bertz CT molecular complexity index is 290. The number of aliphatic hydroxyl groups is 1. The molecule has 0 saturated carbocycles. The lowest BCUT2D eigenvalue weighted by Crippen LogP contribution is -2.36. The van der Waals surface area contributed by atoms with Crippen molar-refractivity contribution in [1.29, 1.82) is 0 Å². The summed E-state index contributed by atoms with van der Waals surface area (Å²) in [7, 11) is 2.04. The van der Waals surface area contributed by atoms with Gasteiger partial charge in [0.15, 0.2) is 0 Å². The molecule has 0 aliphatic rings. The fraction of sp³-hybridized carbons (Fsp3) is 0.571. The Morgan fingerprint density at radius 3 is 2.65 bits per heavy atom. The first-order chi connectivity index (χ1) is 8.22. The van der Waals surface area contributed by atoms with Crippen molar-refractivity contribution in [2.75, 3.05) is 26.7 Å². The predicted molar refractivity (Wildman–Crippen MR) is 71.9 cm³/mol. The Hall–Kier alpha value is -0.900.